The molecule has 4 aromatic carbocycles. The van der Waals surface area contributed by atoms with Crippen molar-refractivity contribution in [2.45, 2.75) is 0 Å². The molecule has 8 aromatic rings. The summed E-state index contributed by atoms with van der Waals surface area (Å²) in [6.07, 6.45) is 6.00. The zero-order valence-electron chi connectivity index (χ0n) is 24.5. The highest BCUT2D eigenvalue weighted by Gasteiger charge is 2.14. The van der Waals surface area contributed by atoms with Crippen molar-refractivity contribution >= 4 is 33.5 Å². The number of fused-ring (bicyclic) bond motifs is 3. The second-order valence-electron chi connectivity index (χ2n) is 10.9. The predicted octanol–water partition coefficient (Wildman–Crippen LogP) is 9.89. The van der Waals surface area contributed by atoms with Gasteiger partial charge in [-0.2, -0.15) is 0 Å². The number of pyridine rings is 3. The molecule has 212 valence electrons. The highest BCUT2D eigenvalue weighted by molar-refractivity contribution is 6.08. The number of hydrogen-bond donors (Lipinski definition) is 0. The summed E-state index contributed by atoms with van der Waals surface area (Å²) in [5.41, 5.74) is 10.5. The van der Waals surface area contributed by atoms with Gasteiger partial charge in [0.2, 0.25) is 0 Å². The summed E-state index contributed by atoms with van der Waals surface area (Å²) in [4.78, 5) is 14.5. The first-order chi connectivity index (χ1) is 22.3. The van der Waals surface area contributed by atoms with Gasteiger partial charge in [0.15, 0.2) is 0 Å². The number of para-hydroxylation sites is 1. The van der Waals surface area contributed by atoms with Gasteiger partial charge < -0.3 is 0 Å². The second kappa shape index (κ2) is 11.5. The third kappa shape index (κ3) is 5.09. The first-order valence-electron chi connectivity index (χ1n) is 15.0. The van der Waals surface area contributed by atoms with Crippen molar-refractivity contribution in [2.24, 2.45) is 0 Å². The number of hydrogen-bond acceptors (Lipinski definition) is 3. The van der Waals surface area contributed by atoms with E-state index in [1.165, 1.54) is 16.7 Å². The van der Waals surface area contributed by atoms with Gasteiger partial charge >= 0.3 is 0 Å². The van der Waals surface area contributed by atoms with E-state index in [2.05, 4.69) is 137 Å². The Morgan fingerprint density at radius 1 is 0.489 bits per heavy atom. The van der Waals surface area contributed by atoms with E-state index >= 15 is 0 Å². The fourth-order valence-electron chi connectivity index (χ4n) is 5.98. The van der Waals surface area contributed by atoms with Crippen LogP contribution in [0.2, 0.25) is 0 Å². The van der Waals surface area contributed by atoms with E-state index in [4.69, 9.17) is 9.97 Å². The summed E-state index contributed by atoms with van der Waals surface area (Å²) in [6, 6.07) is 52.3. The van der Waals surface area contributed by atoms with E-state index < -0.39 is 0 Å². The minimum atomic E-state index is 0.823. The summed E-state index contributed by atoms with van der Waals surface area (Å²) in [5, 5.41) is 2.27. The molecule has 4 heterocycles. The van der Waals surface area contributed by atoms with Crippen molar-refractivity contribution < 1.29 is 0 Å². The highest BCUT2D eigenvalue weighted by Crippen LogP contribution is 2.32. The molecule has 0 amide bonds. The SMILES string of the molecule is C(=C(c1ccccc1)c1ccccc1)c1ccc(-c2cccc(-c3cccc(-n4c5ccccc5c5cnccc54)n3)n2)cc1. The molecule has 0 aliphatic carbocycles. The number of benzene rings is 4. The molecule has 4 heteroatoms. The summed E-state index contributed by atoms with van der Waals surface area (Å²) >= 11 is 0. The standard InChI is InChI=1S/C41H28N4/c1-3-11-30(12-4-1)34(31-13-5-2-6-14-31)27-29-21-23-32(24-22-29)36-16-9-17-37(43-36)38-18-10-20-41(44-38)45-39-19-8-7-15-33(39)35-28-42-26-25-40(35)45/h1-28H. The van der Waals surface area contributed by atoms with Crippen LogP contribution in [0.1, 0.15) is 16.7 Å². The van der Waals surface area contributed by atoms with Crippen LogP contribution in [0.3, 0.4) is 0 Å². The average Bonchev–Trinajstić information content (AvgIpc) is 3.46. The Bertz CT molecular complexity index is 2210. The maximum atomic E-state index is 5.10. The van der Waals surface area contributed by atoms with Crippen LogP contribution in [-0.4, -0.2) is 19.5 Å². The van der Waals surface area contributed by atoms with Crippen molar-refractivity contribution in [1.82, 2.24) is 19.5 Å². The minimum absolute atomic E-state index is 0.823. The fourth-order valence-corrected chi connectivity index (χ4v) is 5.98. The Morgan fingerprint density at radius 3 is 1.87 bits per heavy atom. The highest BCUT2D eigenvalue weighted by atomic mass is 15.1. The van der Waals surface area contributed by atoms with Gasteiger partial charge in [0.1, 0.15) is 5.82 Å². The maximum absolute atomic E-state index is 5.10. The Balaban J connectivity index is 1.13. The normalized spacial score (nSPS) is 11.1. The van der Waals surface area contributed by atoms with E-state index in [9.17, 15) is 0 Å². The second-order valence-corrected chi connectivity index (χ2v) is 10.9. The summed E-state index contributed by atoms with van der Waals surface area (Å²) in [6.45, 7) is 0. The zero-order valence-corrected chi connectivity index (χ0v) is 24.5. The van der Waals surface area contributed by atoms with Crippen LogP contribution in [0, 0.1) is 0 Å². The van der Waals surface area contributed by atoms with Crippen LogP contribution in [0.25, 0.3) is 61.9 Å². The molecule has 0 spiro atoms. The van der Waals surface area contributed by atoms with Crippen LogP contribution in [-0.2, 0) is 0 Å². The van der Waals surface area contributed by atoms with Crippen molar-refractivity contribution in [3.8, 4) is 28.5 Å². The Morgan fingerprint density at radius 2 is 1.11 bits per heavy atom. The first kappa shape index (κ1) is 26.5. The minimum Gasteiger partial charge on any atom is -0.294 e. The molecule has 0 radical (unpaired) electrons. The van der Waals surface area contributed by atoms with E-state index in [0.29, 0.717) is 0 Å². The summed E-state index contributed by atoms with van der Waals surface area (Å²) in [7, 11) is 0. The van der Waals surface area contributed by atoms with Crippen LogP contribution in [0.4, 0.5) is 0 Å². The van der Waals surface area contributed by atoms with Gasteiger partial charge in [0.05, 0.1) is 28.1 Å². The molecule has 0 bridgehead atoms. The smallest absolute Gasteiger partial charge is 0.138 e. The number of aromatic nitrogens is 4. The van der Waals surface area contributed by atoms with Gasteiger partial charge in [0.25, 0.3) is 0 Å². The number of rotatable bonds is 6. The molecule has 0 N–H and O–H groups in total. The van der Waals surface area contributed by atoms with Gasteiger partial charge in [-0.15, -0.1) is 0 Å². The fraction of sp³-hybridized carbons (Fsp3) is 0. The lowest BCUT2D eigenvalue weighted by atomic mass is 9.95. The van der Waals surface area contributed by atoms with Crippen molar-refractivity contribution in [3.05, 3.63) is 181 Å². The molecule has 4 nitrogen and oxygen atoms in total. The van der Waals surface area contributed by atoms with Crippen LogP contribution in [0.5, 0.6) is 0 Å². The van der Waals surface area contributed by atoms with Gasteiger partial charge in [-0.3, -0.25) is 9.55 Å². The van der Waals surface area contributed by atoms with Crippen molar-refractivity contribution in [2.75, 3.05) is 0 Å². The van der Waals surface area contributed by atoms with Gasteiger partial charge in [-0.05, 0) is 64.7 Å². The van der Waals surface area contributed by atoms with Crippen molar-refractivity contribution in [3.63, 3.8) is 0 Å². The van der Waals surface area contributed by atoms with E-state index in [1.807, 2.05) is 42.7 Å². The molecule has 0 fully saturated rings. The maximum Gasteiger partial charge on any atom is 0.138 e. The van der Waals surface area contributed by atoms with Gasteiger partial charge in [-0.25, -0.2) is 9.97 Å². The quantitative estimate of drug-likeness (QED) is 0.185. The molecule has 0 aliphatic rings. The lowest BCUT2D eigenvalue weighted by Gasteiger charge is -2.10. The molecule has 8 rings (SSSR count). The topological polar surface area (TPSA) is 43.6 Å². The monoisotopic (exact) mass is 576 g/mol. The van der Waals surface area contributed by atoms with E-state index in [-0.39, 0.29) is 0 Å². The lowest BCUT2D eigenvalue weighted by Crippen LogP contribution is -1.99. The molecule has 0 saturated carbocycles. The first-order valence-corrected chi connectivity index (χ1v) is 15.0. The molecule has 4 aromatic heterocycles. The zero-order chi connectivity index (χ0) is 30.0. The Kier molecular flexibility index (Phi) is 6.78. The Hall–Kier alpha value is -6.13. The molecule has 45 heavy (non-hydrogen) atoms. The van der Waals surface area contributed by atoms with E-state index in [1.54, 1.807) is 0 Å². The van der Waals surface area contributed by atoms with Crippen LogP contribution < -0.4 is 0 Å². The molecule has 0 unspecified atom stereocenters. The predicted molar refractivity (Wildman–Crippen MR) is 185 cm³/mol. The summed E-state index contributed by atoms with van der Waals surface area (Å²) in [5.74, 6) is 0.848. The molecular formula is C41H28N4. The molecule has 0 atom stereocenters. The van der Waals surface area contributed by atoms with Crippen LogP contribution >= 0.6 is 0 Å². The van der Waals surface area contributed by atoms with E-state index in [0.717, 1.165) is 55.8 Å². The lowest BCUT2D eigenvalue weighted by molar-refractivity contribution is 1.08. The van der Waals surface area contributed by atoms with Crippen LogP contribution in [0.15, 0.2) is 164 Å². The van der Waals surface area contributed by atoms with Gasteiger partial charge in [-0.1, -0.05) is 115 Å². The molecule has 0 saturated heterocycles. The Labute approximate surface area is 261 Å². The third-order valence-corrected chi connectivity index (χ3v) is 8.14. The number of nitrogens with zero attached hydrogens (tertiary/aromatic N) is 4. The van der Waals surface area contributed by atoms with Crippen molar-refractivity contribution in [1.29, 1.82) is 0 Å². The summed E-state index contributed by atoms with van der Waals surface area (Å²) < 4.78 is 2.20. The third-order valence-electron chi connectivity index (χ3n) is 8.14. The molecule has 0 aliphatic heterocycles. The van der Waals surface area contributed by atoms with Gasteiger partial charge in [0, 0.05) is 28.7 Å². The largest absolute Gasteiger partial charge is 0.294 e. The average molecular weight is 577 g/mol. The molecular weight excluding hydrogens is 548 g/mol.